The van der Waals surface area contributed by atoms with E-state index < -0.39 is 11.9 Å². The molecule has 0 aromatic heterocycles. The fourth-order valence-electron chi connectivity index (χ4n) is 2.92. The number of carbonyl (C=O) groups excluding carboxylic acids is 1. The fraction of sp³-hybridized carbons (Fsp3) is 0.739. The number of rotatable bonds is 16. The summed E-state index contributed by atoms with van der Waals surface area (Å²) in [6.07, 6.45) is 12.9. The maximum atomic E-state index is 12.2. The van der Waals surface area contributed by atoms with Crippen LogP contribution in [-0.2, 0) is 9.59 Å². The van der Waals surface area contributed by atoms with Crippen LogP contribution in [0, 0.1) is 17.3 Å². The third kappa shape index (κ3) is 12.7. The first-order chi connectivity index (χ1) is 13.3. The summed E-state index contributed by atoms with van der Waals surface area (Å²) in [6.45, 7) is 12.8. The molecule has 0 aliphatic heterocycles. The van der Waals surface area contributed by atoms with Gasteiger partial charge in [-0.3, -0.25) is 9.59 Å². The maximum absolute atomic E-state index is 12.2. The lowest BCUT2D eigenvalue weighted by Crippen LogP contribution is -2.35. The molecular weight excluding hydrogens is 352 g/mol. The van der Waals surface area contributed by atoms with E-state index in [4.69, 9.17) is 0 Å². The number of carboxylic acids is 1. The normalized spacial score (nSPS) is 14.5. The predicted molar refractivity (Wildman–Crippen MR) is 117 cm³/mol. The molecule has 1 amide bonds. The van der Waals surface area contributed by atoms with Crippen molar-refractivity contribution in [3.63, 3.8) is 0 Å². The first-order valence-electron chi connectivity index (χ1n) is 10.7. The lowest BCUT2D eigenvalue weighted by Gasteiger charge is -2.21. The van der Waals surface area contributed by atoms with Crippen molar-refractivity contribution in [1.29, 1.82) is 0 Å². The Morgan fingerprint density at radius 2 is 1.82 bits per heavy atom. The lowest BCUT2D eigenvalue weighted by molar-refractivity contribution is -0.145. The minimum Gasteiger partial charge on any atom is -0.481 e. The van der Waals surface area contributed by atoms with Gasteiger partial charge >= 0.3 is 5.97 Å². The first-order valence-corrected chi connectivity index (χ1v) is 10.7. The average Bonchev–Trinajstić information content (AvgIpc) is 2.64. The molecule has 0 saturated heterocycles. The van der Waals surface area contributed by atoms with Crippen LogP contribution in [0.15, 0.2) is 24.3 Å². The highest BCUT2D eigenvalue weighted by Crippen LogP contribution is 2.26. The van der Waals surface area contributed by atoms with E-state index in [2.05, 4.69) is 50.5 Å². The molecule has 0 aromatic carbocycles. The molecule has 0 fully saturated rings. The second-order valence-corrected chi connectivity index (χ2v) is 8.21. The monoisotopic (exact) mass is 394 g/mol. The Kier molecular flexibility index (Phi) is 14.4. The Balaban J connectivity index is 4.62. The number of carboxylic acid groups (broad SMARTS) is 1. The zero-order chi connectivity index (χ0) is 21.4. The van der Waals surface area contributed by atoms with Gasteiger partial charge in [0.05, 0.1) is 5.92 Å². The van der Waals surface area contributed by atoms with Crippen molar-refractivity contribution < 1.29 is 14.7 Å². The van der Waals surface area contributed by atoms with E-state index in [9.17, 15) is 14.7 Å². The van der Waals surface area contributed by atoms with Crippen molar-refractivity contribution >= 4 is 11.9 Å². The molecular formula is C23H42N2O3. The van der Waals surface area contributed by atoms with E-state index in [1.807, 2.05) is 19.1 Å². The number of carbonyl (C=O) groups is 2. The first kappa shape index (κ1) is 26.4. The highest BCUT2D eigenvalue weighted by atomic mass is 16.4. The molecule has 0 spiro atoms. The molecule has 0 radical (unpaired) electrons. The molecule has 3 N–H and O–H groups in total. The van der Waals surface area contributed by atoms with Crippen molar-refractivity contribution in [3.05, 3.63) is 24.3 Å². The predicted octanol–water partition coefficient (Wildman–Crippen LogP) is 4.55. The van der Waals surface area contributed by atoms with Crippen LogP contribution >= 0.6 is 0 Å². The topological polar surface area (TPSA) is 78.4 Å². The molecule has 0 saturated carbocycles. The second kappa shape index (κ2) is 15.3. The van der Waals surface area contributed by atoms with Gasteiger partial charge in [0.2, 0.25) is 5.91 Å². The molecule has 0 aliphatic rings. The molecule has 0 bridgehead atoms. The number of allylic oxidation sites excluding steroid dienone is 4. The summed E-state index contributed by atoms with van der Waals surface area (Å²) in [6, 6.07) is 0. The molecule has 0 rings (SSSR count). The number of nitrogens with one attached hydrogen (secondary N) is 2. The van der Waals surface area contributed by atoms with Crippen LogP contribution in [0.1, 0.15) is 73.1 Å². The van der Waals surface area contributed by atoms with Crippen molar-refractivity contribution in [2.45, 2.75) is 73.1 Å². The minimum atomic E-state index is -0.904. The molecule has 2 unspecified atom stereocenters. The Morgan fingerprint density at radius 3 is 2.39 bits per heavy atom. The standard InChI is InChI=1S/C23H42N2O3/c1-6-12-19(13-10-9-11-14-23(4,5)8-3)20(22(27)28)18-21(26)25-17-16-24-15-7-2/h6,9,11-12,19-20,24H,7-8,10,13-18H2,1-5H3,(H,25,26)(H,27,28)/b11-9+,12-6+. The van der Waals surface area contributed by atoms with Gasteiger partial charge < -0.3 is 15.7 Å². The van der Waals surface area contributed by atoms with Crippen molar-refractivity contribution in [2.24, 2.45) is 17.3 Å². The van der Waals surface area contributed by atoms with Gasteiger partial charge in [0.1, 0.15) is 0 Å². The van der Waals surface area contributed by atoms with E-state index in [1.54, 1.807) is 0 Å². The molecule has 0 heterocycles. The zero-order valence-corrected chi connectivity index (χ0v) is 18.6. The molecule has 162 valence electrons. The third-order valence-electron chi connectivity index (χ3n) is 5.19. The Labute approximate surface area is 172 Å². The largest absolute Gasteiger partial charge is 0.481 e. The van der Waals surface area contributed by atoms with Crippen molar-refractivity contribution in [2.75, 3.05) is 19.6 Å². The molecule has 0 aliphatic carbocycles. The Morgan fingerprint density at radius 1 is 1.11 bits per heavy atom. The lowest BCUT2D eigenvalue weighted by atomic mass is 9.84. The van der Waals surface area contributed by atoms with Gasteiger partial charge in [-0.15, -0.1) is 0 Å². The van der Waals surface area contributed by atoms with Gasteiger partial charge in [-0.05, 0) is 50.5 Å². The van der Waals surface area contributed by atoms with Gasteiger partial charge in [0, 0.05) is 19.5 Å². The van der Waals surface area contributed by atoms with Gasteiger partial charge in [-0.2, -0.15) is 0 Å². The maximum Gasteiger partial charge on any atom is 0.307 e. The summed E-state index contributed by atoms with van der Waals surface area (Å²) in [5.41, 5.74) is 0.299. The van der Waals surface area contributed by atoms with Crippen LogP contribution in [0.2, 0.25) is 0 Å². The summed E-state index contributed by atoms with van der Waals surface area (Å²) in [7, 11) is 0. The number of aliphatic carboxylic acids is 1. The number of hydrogen-bond acceptors (Lipinski definition) is 3. The van der Waals surface area contributed by atoms with Gasteiger partial charge in [-0.25, -0.2) is 0 Å². The van der Waals surface area contributed by atoms with E-state index in [0.29, 0.717) is 18.5 Å². The molecule has 5 heteroatoms. The third-order valence-corrected chi connectivity index (χ3v) is 5.19. The summed E-state index contributed by atoms with van der Waals surface area (Å²) < 4.78 is 0. The second-order valence-electron chi connectivity index (χ2n) is 8.21. The Bertz CT molecular complexity index is 498. The van der Waals surface area contributed by atoms with Crippen LogP contribution in [0.3, 0.4) is 0 Å². The van der Waals surface area contributed by atoms with Crippen LogP contribution < -0.4 is 10.6 Å². The van der Waals surface area contributed by atoms with E-state index in [1.165, 1.54) is 0 Å². The minimum absolute atomic E-state index is 0.0185. The zero-order valence-electron chi connectivity index (χ0n) is 18.6. The van der Waals surface area contributed by atoms with E-state index in [-0.39, 0.29) is 18.2 Å². The SMILES string of the molecule is C/C=C/C(CC/C=C/CC(C)(C)CC)C(CC(=O)NCCNCCC)C(=O)O. The van der Waals surface area contributed by atoms with E-state index >= 15 is 0 Å². The van der Waals surface area contributed by atoms with Crippen LogP contribution in [-0.4, -0.2) is 36.6 Å². The van der Waals surface area contributed by atoms with E-state index in [0.717, 1.165) is 38.6 Å². The molecule has 0 aromatic rings. The average molecular weight is 395 g/mol. The molecule has 28 heavy (non-hydrogen) atoms. The summed E-state index contributed by atoms with van der Waals surface area (Å²) >= 11 is 0. The molecule has 5 nitrogen and oxygen atoms in total. The smallest absolute Gasteiger partial charge is 0.307 e. The van der Waals surface area contributed by atoms with Gasteiger partial charge in [-0.1, -0.05) is 58.4 Å². The number of amides is 1. The quantitative estimate of drug-likeness (QED) is 0.265. The summed E-state index contributed by atoms with van der Waals surface area (Å²) in [5, 5.41) is 15.7. The fourth-order valence-corrected chi connectivity index (χ4v) is 2.92. The van der Waals surface area contributed by atoms with Crippen molar-refractivity contribution in [1.82, 2.24) is 10.6 Å². The van der Waals surface area contributed by atoms with Crippen LogP contribution in [0.25, 0.3) is 0 Å². The summed E-state index contributed by atoms with van der Waals surface area (Å²) in [5.74, 6) is -1.94. The van der Waals surface area contributed by atoms with Crippen LogP contribution in [0.5, 0.6) is 0 Å². The molecule has 2 atom stereocenters. The number of hydrogen-bond donors (Lipinski definition) is 3. The Hall–Kier alpha value is -1.62. The highest BCUT2D eigenvalue weighted by molar-refractivity contribution is 5.82. The van der Waals surface area contributed by atoms with Gasteiger partial charge in [0.25, 0.3) is 0 Å². The van der Waals surface area contributed by atoms with Crippen LogP contribution in [0.4, 0.5) is 0 Å². The highest BCUT2D eigenvalue weighted by Gasteiger charge is 2.28. The summed E-state index contributed by atoms with van der Waals surface area (Å²) in [4.78, 5) is 24.0. The van der Waals surface area contributed by atoms with Crippen molar-refractivity contribution in [3.8, 4) is 0 Å². The van der Waals surface area contributed by atoms with Gasteiger partial charge in [0.15, 0.2) is 0 Å².